The lowest BCUT2D eigenvalue weighted by molar-refractivity contribution is -0.122. The van der Waals surface area contributed by atoms with Crippen molar-refractivity contribution in [1.29, 1.82) is 0 Å². The molecule has 0 aliphatic heterocycles. The molecule has 22 heavy (non-hydrogen) atoms. The van der Waals surface area contributed by atoms with Gasteiger partial charge < -0.3 is 5.32 Å². The molecular formula is C16H15N5O. The van der Waals surface area contributed by atoms with E-state index in [0.29, 0.717) is 5.65 Å². The predicted octanol–water partition coefficient (Wildman–Crippen LogP) is 2.53. The molecule has 1 aliphatic rings. The van der Waals surface area contributed by atoms with Gasteiger partial charge in [-0.3, -0.25) is 4.79 Å². The third-order valence-corrected chi connectivity index (χ3v) is 4.09. The van der Waals surface area contributed by atoms with Gasteiger partial charge in [0.15, 0.2) is 5.65 Å². The second-order valence-corrected chi connectivity index (χ2v) is 5.55. The van der Waals surface area contributed by atoms with E-state index in [1.165, 1.54) is 0 Å². The molecule has 1 aliphatic carbocycles. The van der Waals surface area contributed by atoms with Crippen LogP contribution < -0.4 is 5.32 Å². The summed E-state index contributed by atoms with van der Waals surface area (Å²) in [6, 6.07) is 11.5. The number of nitrogens with one attached hydrogen (secondary N) is 1. The Bertz CT molecular complexity index is 820. The summed E-state index contributed by atoms with van der Waals surface area (Å²) in [5.74, 6) is 0.320. The molecule has 0 spiro atoms. The number of nitrogens with zero attached hydrogens (tertiary/aromatic N) is 4. The Balaban J connectivity index is 1.54. The first-order valence-corrected chi connectivity index (χ1v) is 7.38. The standard InChI is InChI=1S/C16H15N5O/c22-16(12-2-1-3-12)18-13-6-4-11(5-7-13)14-8-9-15-19-17-10-21(15)20-14/h4-10,12H,1-3H2,(H,18,22). The summed E-state index contributed by atoms with van der Waals surface area (Å²) in [7, 11) is 0. The molecule has 0 atom stereocenters. The molecular weight excluding hydrogens is 278 g/mol. The van der Waals surface area contributed by atoms with Gasteiger partial charge in [-0.1, -0.05) is 18.6 Å². The van der Waals surface area contributed by atoms with Crippen LogP contribution in [0.25, 0.3) is 16.9 Å². The smallest absolute Gasteiger partial charge is 0.227 e. The molecule has 0 saturated heterocycles. The van der Waals surface area contributed by atoms with Gasteiger partial charge in [0.2, 0.25) is 5.91 Å². The van der Waals surface area contributed by atoms with E-state index in [1.54, 1.807) is 10.8 Å². The van der Waals surface area contributed by atoms with E-state index in [9.17, 15) is 4.79 Å². The quantitative estimate of drug-likeness (QED) is 0.805. The lowest BCUT2D eigenvalue weighted by Gasteiger charge is -2.24. The number of carbonyl (C=O) groups excluding carboxylic acids is 1. The van der Waals surface area contributed by atoms with E-state index in [0.717, 1.165) is 36.2 Å². The maximum absolute atomic E-state index is 11.9. The molecule has 1 amide bonds. The molecule has 6 nitrogen and oxygen atoms in total. The van der Waals surface area contributed by atoms with E-state index < -0.39 is 0 Å². The fraction of sp³-hybridized carbons (Fsp3) is 0.250. The normalized spacial score (nSPS) is 14.7. The number of anilines is 1. The molecule has 0 radical (unpaired) electrons. The van der Waals surface area contributed by atoms with Crippen LogP contribution in [0.15, 0.2) is 42.7 Å². The van der Waals surface area contributed by atoms with E-state index in [-0.39, 0.29) is 11.8 Å². The van der Waals surface area contributed by atoms with Crippen molar-refractivity contribution in [2.24, 2.45) is 5.92 Å². The summed E-state index contributed by atoms with van der Waals surface area (Å²) in [6.07, 6.45) is 4.75. The van der Waals surface area contributed by atoms with E-state index in [4.69, 9.17) is 0 Å². The zero-order valence-corrected chi connectivity index (χ0v) is 11.9. The SMILES string of the molecule is O=C(Nc1ccc(-c2ccc3nncn3n2)cc1)C1CCC1. The molecule has 1 aromatic carbocycles. The molecule has 2 heterocycles. The van der Waals surface area contributed by atoms with Gasteiger partial charge in [0.1, 0.15) is 6.33 Å². The summed E-state index contributed by atoms with van der Waals surface area (Å²) in [5, 5.41) is 15.2. The van der Waals surface area contributed by atoms with Crippen LogP contribution >= 0.6 is 0 Å². The zero-order valence-electron chi connectivity index (χ0n) is 11.9. The van der Waals surface area contributed by atoms with Gasteiger partial charge in [0.05, 0.1) is 5.69 Å². The Kier molecular flexibility index (Phi) is 3.07. The highest BCUT2D eigenvalue weighted by Crippen LogP contribution is 2.28. The first-order valence-electron chi connectivity index (χ1n) is 7.38. The Morgan fingerprint density at radius 2 is 1.95 bits per heavy atom. The van der Waals surface area contributed by atoms with Gasteiger partial charge in [0, 0.05) is 17.2 Å². The van der Waals surface area contributed by atoms with Crippen molar-refractivity contribution < 1.29 is 4.79 Å². The van der Waals surface area contributed by atoms with Crippen molar-refractivity contribution >= 4 is 17.2 Å². The van der Waals surface area contributed by atoms with Gasteiger partial charge >= 0.3 is 0 Å². The van der Waals surface area contributed by atoms with Crippen molar-refractivity contribution in [3.63, 3.8) is 0 Å². The van der Waals surface area contributed by atoms with Crippen LogP contribution in [0.5, 0.6) is 0 Å². The topological polar surface area (TPSA) is 72.2 Å². The van der Waals surface area contributed by atoms with Crippen molar-refractivity contribution in [2.45, 2.75) is 19.3 Å². The van der Waals surface area contributed by atoms with Gasteiger partial charge in [-0.05, 0) is 37.1 Å². The minimum atomic E-state index is 0.128. The monoisotopic (exact) mass is 293 g/mol. The van der Waals surface area contributed by atoms with Gasteiger partial charge in [-0.25, -0.2) is 0 Å². The molecule has 1 fully saturated rings. The second kappa shape index (κ2) is 5.22. The van der Waals surface area contributed by atoms with Crippen molar-refractivity contribution in [2.75, 3.05) is 5.32 Å². The minimum absolute atomic E-state index is 0.128. The molecule has 6 heteroatoms. The predicted molar refractivity (Wildman–Crippen MR) is 82.2 cm³/mol. The second-order valence-electron chi connectivity index (χ2n) is 5.55. The van der Waals surface area contributed by atoms with Crippen molar-refractivity contribution in [1.82, 2.24) is 19.8 Å². The minimum Gasteiger partial charge on any atom is -0.326 e. The summed E-state index contributed by atoms with van der Waals surface area (Å²) in [4.78, 5) is 11.9. The molecule has 2 aromatic heterocycles. The van der Waals surface area contributed by atoms with Gasteiger partial charge in [0.25, 0.3) is 0 Å². The van der Waals surface area contributed by atoms with Crippen molar-refractivity contribution in [3.05, 3.63) is 42.7 Å². The number of rotatable bonds is 3. The first-order chi connectivity index (χ1) is 10.8. The van der Waals surface area contributed by atoms with Gasteiger partial charge in [-0.2, -0.15) is 9.61 Å². The zero-order chi connectivity index (χ0) is 14.9. The van der Waals surface area contributed by atoms with Crippen LogP contribution in [-0.4, -0.2) is 25.7 Å². The van der Waals surface area contributed by atoms with Crippen LogP contribution in [0.2, 0.25) is 0 Å². The van der Waals surface area contributed by atoms with E-state index >= 15 is 0 Å². The lowest BCUT2D eigenvalue weighted by atomic mass is 9.85. The molecule has 1 N–H and O–H groups in total. The van der Waals surface area contributed by atoms with Crippen LogP contribution in [0.4, 0.5) is 5.69 Å². The molecule has 0 bridgehead atoms. The summed E-state index contributed by atoms with van der Waals surface area (Å²) < 4.78 is 1.64. The number of fused-ring (bicyclic) bond motifs is 1. The third-order valence-electron chi connectivity index (χ3n) is 4.09. The van der Waals surface area contributed by atoms with Crippen LogP contribution in [0, 0.1) is 5.92 Å². The first kappa shape index (κ1) is 12.9. The Labute approximate surface area is 127 Å². The molecule has 3 aromatic rings. The fourth-order valence-electron chi connectivity index (χ4n) is 2.52. The van der Waals surface area contributed by atoms with Crippen LogP contribution in [0.3, 0.4) is 0 Å². The van der Waals surface area contributed by atoms with Crippen LogP contribution in [-0.2, 0) is 4.79 Å². The molecule has 110 valence electrons. The summed E-state index contributed by atoms with van der Waals surface area (Å²) in [5.41, 5.74) is 3.36. The van der Waals surface area contributed by atoms with E-state index in [1.807, 2.05) is 36.4 Å². The number of hydrogen-bond donors (Lipinski definition) is 1. The lowest BCUT2D eigenvalue weighted by Crippen LogP contribution is -2.27. The van der Waals surface area contributed by atoms with Crippen LogP contribution in [0.1, 0.15) is 19.3 Å². The Morgan fingerprint density at radius 1 is 1.14 bits per heavy atom. The Hall–Kier alpha value is -2.76. The molecule has 0 unspecified atom stereocenters. The maximum Gasteiger partial charge on any atom is 0.227 e. The third kappa shape index (κ3) is 2.32. The number of hydrogen-bond acceptors (Lipinski definition) is 4. The number of carbonyl (C=O) groups is 1. The van der Waals surface area contributed by atoms with Gasteiger partial charge in [-0.15, -0.1) is 10.2 Å². The van der Waals surface area contributed by atoms with Crippen molar-refractivity contribution in [3.8, 4) is 11.3 Å². The molecule has 1 saturated carbocycles. The highest BCUT2D eigenvalue weighted by Gasteiger charge is 2.25. The molecule has 4 rings (SSSR count). The summed E-state index contributed by atoms with van der Waals surface area (Å²) in [6.45, 7) is 0. The largest absolute Gasteiger partial charge is 0.326 e. The fourth-order valence-corrected chi connectivity index (χ4v) is 2.52. The summed E-state index contributed by atoms with van der Waals surface area (Å²) >= 11 is 0. The average molecular weight is 293 g/mol. The average Bonchev–Trinajstić information content (AvgIpc) is 2.93. The number of amides is 1. The maximum atomic E-state index is 11.9. The van der Waals surface area contributed by atoms with E-state index in [2.05, 4.69) is 20.6 Å². The highest BCUT2D eigenvalue weighted by atomic mass is 16.1. The Morgan fingerprint density at radius 3 is 2.68 bits per heavy atom. The number of aromatic nitrogens is 4. The number of benzene rings is 1. The highest BCUT2D eigenvalue weighted by molar-refractivity contribution is 5.93.